The zero-order valence-electron chi connectivity index (χ0n) is 16.4. The van der Waals surface area contributed by atoms with Crippen LogP contribution < -0.4 is 14.8 Å². The Kier molecular flexibility index (Phi) is 6.06. The lowest BCUT2D eigenvalue weighted by molar-refractivity contribution is 0.0981. The molecule has 3 aromatic carbocycles. The minimum absolute atomic E-state index is 0.0462. The molecule has 30 heavy (non-hydrogen) atoms. The molecule has 0 aliphatic rings. The molecule has 0 saturated carbocycles. The number of rotatable bonds is 7. The molecule has 1 atom stereocenters. The highest BCUT2D eigenvalue weighted by atomic mass is 31.2. The number of phosphoric ester groups is 1. The molecule has 154 valence electrons. The van der Waals surface area contributed by atoms with E-state index in [-0.39, 0.29) is 28.2 Å². The van der Waals surface area contributed by atoms with Crippen molar-refractivity contribution in [3.05, 3.63) is 94.5 Å². The molecule has 7 nitrogen and oxygen atoms in total. The van der Waals surface area contributed by atoms with Crippen molar-refractivity contribution in [2.24, 2.45) is 5.73 Å². The van der Waals surface area contributed by atoms with Gasteiger partial charge in [0.05, 0.1) is 5.56 Å². The lowest BCUT2D eigenvalue weighted by Crippen LogP contribution is -2.16. The third kappa shape index (κ3) is 5.14. The SMILES string of the molecule is Cc1cc(C)cc(OP(=O)(O)Oc2ccc(C(=O)c3ccccc3C(N)=O)cc2)c1. The summed E-state index contributed by atoms with van der Waals surface area (Å²) in [4.78, 5) is 34.3. The van der Waals surface area contributed by atoms with E-state index in [2.05, 4.69) is 0 Å². The van der Waals surface area contributed by atoms with Gasteiger partial charge in [-0.2, -0.15) is 0 Å². The van der Waals surface area contributed by atoms with Crippen molar-refractivity contribution in [1.82, 2.24) is 0 Å². The number of aryl methyl sites for hydroxylation is 2. The van der Waals surface area contributed by atoms with Crippen LogP contribution >= 0.6 is 7.82 Å². The third-order valence-corrected chi connectivity index (χ3v) is 5.07. The Labute approximate surface area is 173 Å². The average molecular weight is 425 g/mol. The molecule has 0 aromatic heterocycles. The zero-order chi connectivity index (χ0) is 21.9. The van der Waals surface area contributed by atoms with Crippen molar-refractivity contribution >= 4 is 19.5 Å². The predicted molar refractivity (Wildman–Crippen MR) is 112 cm³/mol. The van der Waals surface area contributed by atoms with Crippen molar-refractivity contribution in [2.45, 2.75) is 13.8 Å². The molecule has 3 N–H and O–H groups in total. The minimum Gasteiger partial charge on any atom is -0.395 e. The molecular formula is C22H20NO6P. The van der Waals surface area contributed by atoms with Gasteiger partial charge in [0.25, 0.3) is 0 Å². The van der Waals surface area contributed by atoms with Gasteiger partial charge in [0.15, 0.2) is 5.78 Å². The Morgan fingerprint density at radius 1 is 0.833 bits per heavy atom. The summed E-state index contributed by atoms with van der Waals surface area (Å²) in [6.45, 7) is 3.68. The quantitative estimate of drug-likeness (QED) is 0.433. The van der Waals surface area contributed by atoms with Crippen LogP contribution in [0.1, 0.15) is 37.4 Å². The van der Waals surface area contributed by atoms with E-state index in [1.807, 2.05) is 19.9 Å². The van der Waals surface area contributed by atoms with Crippen molar-refractivity contribution in [3.8, 4) is 11.5 Å². The largest absolute Gasteiger partial charge is 0.584 e. The Morgan fingerprint density at radius 2 is 1.37 bits per heavy atom. The molecule has 0 aliphatic heterocycles. The van der Waals surface area contributed by atoms with Crippen LogP contribution in [0.15, 0.2) is 66.7 Å². The second-order valence-electron chi connectivity index (χ2n) is 6.74. The number of carbonyl (C=O) groups is 2. The topological polar surface area (TPSA) is 116 Å². The first-order valence-electron chi connectivity index (χ1n) is 8.98. The number of benzene rings is 3. The van der Waals surface area contributed by atoms with E-state index in [0.717, 1.165) is 11.1 Å². The Balaban J connectivity index is 1.76. The van der Waals surface area contributed by atoms with Crippen molar-refractivity contribution in [2.75, 3.05) is 0 Å². The van der Waals surface area contributed by atoms with E-state index >= 15 is 0 Å². The molecule has 0 spiro atoms. The van der Waals surface area contributed by atoms with Crippen molar-refractivity contribution < 1.29 is 28.1 Å². The van der Waals surface area contributed by atoms with Gasteiger partial charge in [0, 0.05) is 11.1 Å². The molecule has 3 rings (SSSR count). The Hall–Kier alpha value is -3.41. The lowest BCUT2D eigenvalue weighted by atomic mass is 9.98. The smallest absolute Gasteiger partial charge is 0.395 e. The van der Waals surface area contributed by atoms with Gasteiger partial charge in [-0.1, -0.05) is 24.3 Å². The molecule has 1 amide bonds. The first kappa shape index (κ1) is 21.3. The molecule has 0 bridgehead atoms. The van der Waals surface area contributed by atoms with Crippen LogP contribution in [0.2, 0.25) is 0 Å². The maximum absolute atomic E-state index is 12.7. The van der Waals surface area contributed by atoms with E-state index in [1.165, 1.54) is 36.4 Å². The standard InChI is InChI=1S/C22H20NO6P/c1-14-11-15(2)13-18(12-14)29-30(26,27)28-17-9-7-16(8-10-17)21(24)19-5-3-4-6-20(19)22(23)25/h3-13H,1-2H3,(H2,23,25)(H,26,27). The number of ketones is 1. The van der Waals surface area contributed by atoms with E-state index in [1.54, 1.807) is 24.3 Å². The van der Waals surface area contributed by atoms with Crippen molar-refractivity contribution in [1.29, 1.82) is 0 Å². The zero-order valence-corrected chi connectivity index (χ0v) is 17.3. The predicted octanol–water partition coefficient (Wildman–Crippen LogP) is 4.19. The van der Waals surface area contributed by atoms with E-state index in [9.17, 15) is 19.0 Å². The molecular weight excluding hydrogens is 405 g/mol. The van der Waals surface area contributed by atoms with Crippen molar-refractivity contribution in [3.63, 3.8) is 0 Å². The number of primary amides is 1. The van der Waals surface area contributed by atoms with Gasteiger partial charge in [-0.15, -0.1) is 0 Å². The summed E-state index contributed by atoms with van der Waals surface area (Å²) in [7, 11) is -4.44. The first-order valence-corrected chi connectivity index (χ1v) is 10.5. The lowest BCUT2D eigenvalue weighted by Gasteiger charge is -2.15. The molecule has 0 saturated heterocycles. The number of carbonyl (C=O) groups excluding carboxylic acids is 2. The molecule has 0 aliphatic carbocycles. The van der Waals surface area contributed by atoms with Crippen LogP contribution in [-0.2, 0) is 4.57 Å². The summed E-state index contributed by atoms with van der Waals surface area (Å²) in [5.74, 6) is -0.851. The van der Waals surface area contributed by atoms with Crippen LogP contribution in [0.25, 0.3) is 0 Å². The van der Waals surface area contributed by atoms with Gasteiger partial charge in [0.1, 0.15) is 11.5 Å². The summed E-state index contributed by atoms with van der Waals surface area (Å²) in [5.41, 5.74) is 7.63. The van der Waals surface area contributed by atoms with Gasteiger partial charge in [-0.25, -0.2) is 4.57 Å². The second-order valence-corrected chi connectivity index (χ2v) is 8.04. The maximum atomic E-state index is 12.7. The van der Waals surface area contributed by atoms with Crippen LogP contribution in [0, 0.1) is 13.8 Å². The molecule has 0 radical (unpaired) electrons. The summed E-state index contributed by atoms with van der Waals surface area (Å²) >= 11 is 0. The number of phosphoric acid groups is 1. The Morgan fingerprint density at radius 3 is 1.93 bits per heavy atom. The van der Waals surface area contributed by atoms with E-state index in [4.69, 9.17) is 14.8 Å². The monoisotopic (exact) mass is 425 g/mol. The van der Waals surface area contributed by atoms with Crippen LogP contribution in [0.5, 0.6) is 11.5 Å². The molecule has 1 unspecified atom stereocenters. The first-order chi connectivity index (χ1) is 14.1. The summed E-state index contributed by atoms with van der Waals surface area (Å²) in [6, 6.07) is 17.0. The maximum Gasteiger partial charge on any atom is 0.584 e. The third-order valence-electron chi connectivity index (χ3n) is 4.19. The van der Waals surface area contributed by atoms with E-state index < -0.39 is 19.5 Å². The number of nitrogens with two attached hydrogens (primary N) is 1. The summed E-state index contributed by atoms with van der Waals surface area (Å²) in [6.07, 6.45) is 0. The van der Waals surface area contributed by atoms with Gasteiger partial charge in [0.2, 0.25) is 5.91 Å². The van der Waals surface area contributed by atoms with Crippen LogP contribution in [-0.4, -0.2) is 16.6 Å². The Bertz CT molecular complexity index is 1140. The number of hydrogen-bond donors (Lipinski definition) is 2. The molecule has 3 aromatic rings. The highest BCUT2D eigenvalue weighted by molar-refractivity contribution is 7.48. The van der Waals surface area contributed by atoms with Gasteiger partial charge < -0.3 is 14.8 Å². The molecule has 0 heterocycles. The molecule has 0 fully saturated rings. The average Bonchev–Trinajstić information content (AvgIpc) is 2.66. The highest BCUT2D eigenvalue weighted by Crippen LogP contribution is 2.44. The van der Waals surface area contributed by atoms with Gasteiger partial charge >= 0.3 is 7.82 Å². The normalized spacial score (nSPS) is 12.6. The van der Waals surface area contributed by atoms with Gasteiger partial charge in [-0.3, -0.25) is 14.5 Å². The fourth-order valence-corrected chi connectivity index (χ4v) is 3.79. The summed E-state index contributed by atoms with van der Waals surface area (Å²) < 4.78 is 22.5. The van der Waals surface area contributed by atoms with Crippen LogP contribution in [0.4, 0.5) is 0 Å². The molecule has 8 heteroatoms. The highest BCUT2D eigenvalue weighted by Gasteiger charge is 2.25. The minimum atomic E-state index is -4.44. The summed E-state index contributed by atoms with van der Waals surface area (Å²) in [5, 5.41) is 0. The van der Waals surface area contributed by atoms with Crippen LogP contribution in [0.3, 0.4) is 0 Å². The van der Waals surface area contributed by atoms with E-state index in [0.29, 0.717) is 0 Å². The second kappa shape index (κ2) is 8.53. The fraction of sp³-hybridized carbons (Fsp3) is 0.0909. The fourth-order valence-electron chi connectivity index (χ4n) is 2.99. The van der Waals surface area contributed by atoms with Gasteiger partial charge in [-0.05, 0) is 67.4 Å². The number of amides is 1. The number of hydrogen-bond acceptors (Lipinski definition) is 5.